The van der Waals surface area contributed by atoms with Crippen molar-refractivity contribution in [3.8, 4) is 11.6 Å². The molecule has 1 aromatic carbocycles. The summed E-state index contributed by atoms with van der Waals surface area (Å²) in [5.41, 5.74) is 1.82. The van der Waals surface area contributed by atoms with Crippen LogP contribution in [0.3, 0.4) is 0 Å². The summed E-state index contributed by atoms with van der Waals surface area (Å²) in [7, 11) is 0. The van der Waals surface area contributed by atoms with E-state index in [1.54, 1.807) is 18.2 Å². The number of aromatic nitrogens is 1. The summed E-state index contributed by atoms with van der Waals surface area (Å²) in [6, 6.07) is 9.15. The van der Waals surface area contributed by atoms with Crippen LogP contribution in [-0.2, 0) is 5.88 Å². The fraction of sp³-hybridized carbons (Fsp3) is 0.154. The van der Waals surface area contributed by atoms with Gasteiger partial charge in [0.1, 0.15) is 5.75 Å². The Kier molecular flexibility index (Phi) is 4.49. The minimum Gasteiger partial charge on any atom is -0.437 e. The van der Waals surface area contributed by atoms with E-state index in [0.717, 1.165) is 15.7 Å². The van der Waals surface area contributed by atoms with Gasteiger partial charge in [0.25, 0.3) is 0 Å². The molecule has 0 bridgehead atoms. The van der Waals surface area contributed by atoms with Gasteiger partial charge in [-0.3, -0.25) is 0 Å². The Labute approximate surface area is 124 Å². The Hall–Kier alpha value is -0.770. The molecule has 0 radical (unpaired) electrons. The molecule has 0 N–H and O–H groups in total. The number of aryl methyl sites for hydroxylation is 1. The molecule has 2 aromatic rings. The van der Waals surface area contributed by atoms with Gasteiger partial charge >= 0.3 is 0 Å². The second-order valence-electron chi connectivity index (χ2n) is 3.77. The van der Waals surface area contributed by atoms with E-state index in [2.05, 4.69) is 20.9 Å². The molecule has 0 amide bonds. The van der Waals surface area contributed by atoms with Gasteiger partial charge in [-0.2, -0.15) is 0 Å². The molecular formula is C13H10BrCl2NO. The van der Waals surface area contributed by atoms with Gasteiger partial charge in [0, 0.05) is 22.1 Å². The first kappa shape index (κ1) is 13.7. The summed E-state index contributed by atoms with van der Waals surface area (Å²) in [5, 5.41) is 0.528. The van der Waals surface area contributed by atoms with E-state index < -0.39 is 0 Å². The maximum Gasteiger partial charge on any atom is 0.219 e. The maximum atomic E-state index is 6.08. The Morgan fingerprint density at radius 2 is 2.06 bits per heavy atom. The van der Waals surface area contributed by atoms with Crippen LogP contribution in [0.4, 0.5) is 0 Å². The summed E-state index contributed by atoms with van der Waals surface area (Å²) >= 11 is 15.2. The topological polar surface area (TPSA) is 22.1 Å². The molecule has 94 valence electrons. The van der Waals surface area contributed by atoms with Gasteiger partial charge < -0.3 is 4.74 Å². The summed E-state index contributed by atoms with van der Waals surface area (Å²) < 4.78 is 6.57. The quantitative estimate of drug-likeness (QED) is 0.700. The molecule has 0 fully saturated rings. The summed E-state index contributed by atoms with van der Waals surface area (Å²) in [6.07, 6.45) is 0. The molecular weight excluding hydrogens is 337 g/mol. The van der Waals surface area contributed by atoms with Crippen molar-refractivity contribution in [2.75, 3.05) is 0 Å². The molecule has 18 heavy (non-hydrogen) atoms. The number of nitrogens with zero attached hydrogens (tertiary/aromatic N) is 1. The smallest absolute Gasteiger partial charge is 0.219 e. The highest BCUT2D eigenvalue weighted by molar-refractivity contribution is 9.10. The van der Waals surface area contributed by atoms with Gasteiger partial charge in [0.2, 0.25) is 5.88 Å². The average molecular weight is 347 g/mol. The highest BCUT2D eigenvalue weighted by Gasteiger charge is 2.06. The third-order valence-corrected chi connectivity index (χ3v) is 3.35. The molecule has 2 rings (SSSR count). The predicted octanol–water partition coefficient (Wildman–Crippen LogP) is 5.34. The van der Waals surface area contributed by atoms with Crippen LogP contribution in [-0.4, -0.2) is 4.98 Å². The zero-order chi connectivity index (χ0) is 13.1. The van der Waals surface area contributed by atoms with E-state index >= 15 is 0 Å². The SMILES string of the molecule is Cc1cc(CCl)cc(Oc2ccc(Br)cc2Cl)n1. The van der Waals surface area contributed by atoms with E-state index in [9.17, 15) is 0 Å². The standard InChI is InChI=1S/C13H10BrCl2NO/c1-8-4-9(7-15)5-13(17-8)18-12-3-2-10(14)6-11(12)16/h2-6H,7H2,1H3. The van der Waals surface area contributed by atoms with Crippen LogP contribution >= 0.6 is 39.1 Å². The molecule has 1 aromatic heterocycles. The molecule has 1 heterocycles. The number of pyridine rings is 1. The molecule has 0 spiro atoms. The summed E-state index contributed by atoms with van der Waals surface area (Å²) in [5.74, 6) is 1.49. The van der Waals surface area contributed by atoms with Crippen molar-refractivity contribution in [3.05, 3.63) is 51.1 Å². The first-order valence-electron chi connectivity index (χ1n) is 5.25. The highest BCUT2D eigenvalue weighted by atomic mass is 79.9. The van der Waals surface area contributed by atoms with Gasteiger partial charge in [0.05, 0.1) is 5.02 Å². The lowest BCUT2D eigenvalue weighted by molar-refractivity contribution is 0.461. The average Bonchev–Trinajstić information content (AvgIpc) is 2.32. The van der Waals surface area contributed by atoms with Crippen LogP contribution in [0.25, 0.3) is 0 Å². The second-order valence-corrected chi connectivity index (χ2v) is 5.36. The third-order valence-electron chi connectivity index (χ3n) is 2.25. The molecule has 0 unspecified atom stereocenters. The largest absolute Gasteiger partial charge is 0.437 e. The summed E-state index contributed by atoms with van der Waals surface area (Å²) in [6.45, 7) is 1.89. The number of alkyl halides is 1. The van der Waals surface area contributed by atoms with E-state index in [4.69, 9.17) is 27.9 Å². The Bertz CT molecular complexity index is 575. The van der Waals surface area contributed by atoms with Crippen LogP contribution < -0.4 is 4.74 Å². The number of rotatable bonds is 3. The molecule has 0 saturated heterocycles. The Morgan fingerprint density at radius 3 is 2.72 bits per heavy atom. The van der Waals surface area contributed by atoms with Crippen LogP contribution in [0.2, 0.25) is 5.02 Å². The molecule has 0 aliphatic carbocycles. The fourth-order valence-electron chi connectivity index (χ4n) is 1.51. The van der Waals surface area contributed by atoms with Crippen molar-refractivity contribution in [2.24, 2.45) is 0 Å². The maximum absolute atomic E-state index is 6.08. The van der Waals surface area contributed by atoms with E-state index in [0.29, 0.717) is 22.5 Å². The number of benzene rings is 1. The van der Waals surface area contributed by atoms with Crippen molar-refractivity contribution in [1.82, 2.24) is 4.98 Å². The van der Waals surface area contributed by atoms with Crippen molar-refractivity contribution >= 4 is 39.1 Å². The van der Waals surface area contributed by atoms with Crippen LogP contribution in [0.15, 0.2) is 34.8 Å². The lowest BCUT2D eigenvalue weighted by atomic mass is 10.2. The van der Waals surface area contributed by atoms with Crippen LogP contribution in [0.1, 0.15) is 11.3 Å². The van der Waals surface area contributed by atoms with Gasteiger partial charge in [-0.05, 0) is 36.8 Å². The molecule has 0 atom stereocenters. The zero-order valence-electron chi connectivity index (χ0n) is 9.58. The molecule has 0 aliphatic rings. The highest BCUT2D eigenvalue weighted by Crippen LogP contribution is 2.31. The first-order chi connectivity index (χ1) is 8.58. The zero-order valence-corrected chi connectivity index (χ0v) is 12.7. The second kappa shape index (κ2) is 5.91. The molecule has 0 saturated carbocycles. The number of hydrogen-bond donors (Lipinski definition) is 0. The molecule has 5 heteroatoms. The van der Waals surface area contributed by atoms with E-state index in [1.807, 2.05) is 19.1 Å². The van der Waals surface area contributed by atoms with Crippen molar-refractivity contribution in [3.63, 3.8) is 0 Å². The summed E-state index contributed by atoms with van der Waals surface area (Å²) in [4.78, 5) is 4.29. The fourth-order valence-corrected chi connectivity index (χ4v) is 2.37. The Balaban J connectivity index is 2.30. The lowest BCUT2D eigenvalue weighted by Crippen LogP contribution is -1.93. The molecule has 2 nitrogen and oxygen atoms in total. The predicted molar refractivity (Wildman–Crippen MR) is 77.8 cm³/mol. The minimum atomic E-state index is 0.424. The van der Waals surface area contributed by atoms with Gasteiger partial charge in [-0.15, -0.1) is 11.6 Å². The number of hydrogen-bond acceptors (Lipinski definition) is 2. The molecule has 0 aliphatic heterocycles. The number of halogens is 3. The lowest BCUT2D eigenvalue weighted by Gasteiger charge is -2.08. The van der Waals surface area contributed by atoms with Crippen LogP contribution in [0, 0.1) is 6.92 Å². The van der Waals surface area contributed by atoms with E-state index in [1.165, 1.54) is 0 Å². The monoisotopic (exact) mass is 345 g/mol. The first-order valence-corrected chi connectivity index (χ1v) is 6.95. The minimum absolute atomic E-state index is 0.424. The van der Waals surface area contributed by atoms with Gasteiger partial charge in [0.15, 0.2) is 0 Å². The Morgan fingerprint density at radius 1 is 1.28 bits per heavy atom. The van der Waals surface area contributed by atoms with Crippen molar-refractivity contribution < 1.29 is 4.74 Å². The number of ether oxygens (including phenoxy) is 1. The van der Waals surface area contributed by atoms with Gasteiger partial charge in [-0.25, -0.2) is 4.98 Å². The van der Waals surface area contributed by atoms with Crippen molar-refractivity contribution in [1.29, 1.82) is 0 Å². The third kappa shape index (κ3) is 3.37. The normalized spacial score (nSPS) is 10.4. The van der Waals surface area contributed by atoms with E-state index in [-0.39, 0.29) is 0 Å². The van der Waals surface area contributed by atoms with Crippen molar-refractivity contribution in [2.45, 2.75) is 12.8 Å². The van der Waals surface area contributed by atoms with Gasteiger partial charge in [-0.1, -0.05) is 27.5 Å². The van der Waals surface area contributed by atoms with Crippen LogP contribution in [0.5, 0.6) is 11.6 Å².